The predicted octanol–water partition coefficient (Wildman–Crippen LogP) is 2.23. The molecule has 0 saturated heterocycles. The van der Waals surface area contributed by atoms with Crippen LogP contribution < -0.4 is 4.74 Å². The highest BCUT2D eigenvalue weighted by atomic mass is 79.9. The van der Waals surface area contributed by atoms with E-state index in [4.69, 9.17) is 9.84 Å². The smallest absolute Gasteiger partial charge is 0.337 e. The number of ether oxygens (including phenoxy) is 1. The number of hydrogen-bond donors (Lipinski definition) is 2. The molecule has 0 aliphatic heterocycles. The summed E-state index contributed by atoms with van der Waals surface area (Å²) in [5, 5.41) is 18.6. The monoisotopic (exact) mass is 330 g/mol. The predicted molar refractivity (Wildman–Crippen MR) is 72.6 cm³/mol. The summed E-state index contributed by atoms with van der Waals surface area (Å²) in [6, 6.07) is 4.70. The van der Waals surface area contributed by atoms with E-state index >= 15 is 0 Å². The molecule has 0 aliphatic rings. The molecule has 5 nitrogen and oxygen atoms in total. The molecule has 0 heterocycles. The van der Waals surface area contributed by atoms with E-state index in [0.717, 1.165) is 0 Å². The number of alkyl halides is 1. The zero-order valence-corrected chi connectivity index (χ0v) is 12.2. The molecule has 19 heavy (non-hydrogen) atoms. The Kier molecular flexibility index (Phi) is 5.50. The quantitative estimate of drug-likeness (QED) is 0.781. The first kappa shape index (κ1) is 15.7. The maximum Gasteiger partial charge on any atom is 0.337 e. The van der Waals surface area contributed by atoms with Crippen molar-refractivity contribution in [1.82, 2.24) is 0 Å². The number of benzene rings is 1. The molecule has 0 aliphatic carbocycles. The standard InChI is InChI=1S/C13H15BrO5/c1-3-19-12-8(10(14)7(2)15)5-4-6-9(12)11(16)13(17)18/h4-6,10-11,16H,3H2,1-2H3,(H,17,18). The van der Waals surface area contributed by atoms with Gasteiger partial charge in [0.25, 0.3) is 0 Å². The Labute approximate surface area is 119 Å². The van der Waals surface area contributed by atoms with Gasteiger partial charge < -0.3 is 14.9 Å². The highest BCUT2D eigenvalue weighted by molar-refractivity contribution is 9.09. The molecule has 1 rings (SSSR count). The average Bonchev–Trinajstić information content (AvgIpc) is 2.37. The molecule has 0 spiro atoms. The van der Waals surface area contributed by atoms with Crippen LogP contribution in [0.15, 0.2) is 18.2 Å². The van der Waals surface area contributed by atoms with Gasteiger partial charge in [-0.05, 0) is 13.8 Å². The molecule has 1 aromatic rings. The van der Waals surface area contributed by atoms with E-state index in [0.29, 0.717) is 12.2 Å². The summed E-state index contributed by atoms with van der Waals surface area (Å²) in [6.07, 6.45) is -1.69. The minimum atomic E-state index is -1.69. The minimum Gasteiger partial charge on any atom is -0.493 e. The Bertz CT molecular complexity index is 448. The summed E-state index contributed by atoms with van der Waals surface area (Å²) in [7, 11) is 0. The zero-order chi connectivity index (χ0) is 14.6. The van der Waals surface area contributed by atoms with E-state index in [2.05, 4.69) is 15.9 Å². The number of halogens is 1. The lowest BCUT2D eigenvalue weighted by atomic mass is 10.0. The zero-order valence-electron chi connectivity index (χ0n) is 10.6. The van der Waals surface area contributed by atoms with Gasteiger partial charge in [0.2, 0.25) is 0 Å². The fraction of sp³-hybridized carbons (Fsp3) is 0.385. The number of carboxylic acid groups (broad SMARTS) is 1. The molecular weight excluding hydrogens is 316 g/mol. The summed E-state index contributed by atoms with van der Waals surface area (Å²) in [5.74, 6) is -1.27. The van der Waals surface area contributed by atoms with Crippen molar-refractivity contribution in [3.05, 3.63) is 29.3 Å². The van der Waals surface area contributed by atoms with Gasteiger partial charge in [0, 0.05) is 11.1 Å². The first-order valence-electron chi connectivity index (χ1n) is 5.71. The van der Waals surface area contributed by atoms with Gasteiger partial charge in [-0.15, -0.1) is 0 Å². The number of Topliss-reactive ketones (excluding diaryl/α,β-unsaturated/α-hetero) is 1. The van der Waals surface area contributed by atoms with Crippen molar-refractivity contribution in [1.29, 1.82) is 0 Å². The number of aliphatic hydroxyl groups excluding tert-OH is 1. The van der Waals surface area contributed by atoms with Gasteiger partial charge in [-0.3, -0.25) is 4.79 Å². The number of aliphatic carboxylic acids is 1. The summed E-state index contributed by atoms with van der Waals surface area (Å²) in [6.45, 7) is 3.45. The number of para-hydroxylation sites is 1. The van der Waals surface area contributed by atoms with Crippen LogP contribution in [0.2, 0.25) is 0 Å². The number of carbonyl (C=O) groups excluding carboxylic acids is 1. The number of hydrogen-bond acceptors (Lipinski definition) is 4. The van der Waals surface area contributed by atoms with Crippen LogP contribution in [0, 0.1) is 0 Å². The first-order valence-corrected chi connectivity index (χ1v) is 6.62. The van der Waals surface area contributed by atoms with Gasteiger partial charge in [-0.1, -0.05) is 34.1 Å². The van der Waals surface area contributed by atoms with Gasteiger partial charge in [-0.25, -0.2) is 4.79 Å². The Hall–Kier alpha value is -1.40. The summed E-state index contributed by atoms with van der Waals surface area (Å²) >= 11 is 3.23. The van der Waals surface area contributed by atoms with Crippen LogP contribution >= 0.6 is 15.9 Å². The third-order valence-electron chi connectivity index (χ3n) is 2.52. The molecule has 0 bridgehead atoms. The van der Waals surface area contributed by atoms with Crippen LogP contribution in [-0.2, 0) is 9.59 Å². The van der Waals surface area contributed by atoms with Gasteiger partial charge in [0.15, 0.2) is 6.10 Å². The maximum atomic E-state index is 11.4. The molecule has 1 aromatic carbocycles. The number of rotatable bonds is 6. The van der Waals surface area contributed by atoms with Crippen LogP contribution in [0.1, 0.15) is 35.9 Å². The van der Waals surface area contributed by atoms with Crippen LogP contribution in [0.25, 0.3) is 0 Å². The summed E-state index contributed by atoms with van der Waals surface area (Å²) in [4.78, 5) is 21.7. The van der Waals surface area contributed by atoms with Crippen LogP contribution in [0.5, 0.6) is 5.75 Å². The fourth-order valence-electron chi connectivity index (χ4n) is 1.65. The minimum absolute atomic E-state index is 0.136. The second-order valence-corrected chi connectivity index (χ2v) is 4.83. The van der Waals surface area contributed by atoms with E-state index < -0.39 is 16.9 Å². The summed E-state index contributed by atoms with van der Waals surface area (Å²) < 4.78 is 5.41. The lowest BCUT2D eigenvalue weighted by molar-refractivity contribution is -0.147. The lowest BCUT2D eigenvalue weighted by Gasteiger charge is -2.18. The van der Waals surface area contributed by atoms with E-state index in [9.17, 15) is 14.7 Å². The molecule has 0 saturated carbocycles. The Morgan fingerprint density at radius 1 is 1.37 bits per heavy atom. The molecule has 2 unspecified atom stereocenters. The van der Waals surface area contributed by atoms with Crippen molar-refractivity contribution in [3.8, 4) is 5.75 Å². The average molecular weight is 331 g/mol. The molecule has 6 heteroatoms. The van der Waals surface area contributed by atoms with Gasteiger partial charge >= 0.3 is 5.97 Å². The third-order valence-corrected chi connectivity index (χ3v) is 3.66. The first-order chi connectivity index (χ1) is 8.90. The number of ketones is 1. The van der Waals surface area contributed by atoms with Gasteiger partial charge in [0.05, 0.1) is 6.61 Å². The van der Waals surface area contributed by atoms with Crippen molar-refractivity contribution < 1.29 is 24.5 Å². The molecule has 2 atom stereocenters. The van der Waals surface area contributed by atoms with Gasteiger partial charge in [-0.2, -0.15) is 0 Å². The van der Waals surface area contributed by atoms with E-state index in [-0.39, 0.29) is 17.1 Å². The second-order valence-electron chi connectivity index (χ2n) is 3.91. The van der Waals surface area contributed by atoms with Crippen LogP contribution in [0.3, 0.4) is 0 Å². The number of aliphatic hydroxyl groups is 1. The van der Waals surface area contributed by atoms with Crippen molar-refractivity contribution in [2.24, 2.45) is 0 Å². The molecular formula is C13H15BrO5. The highest BCUT2D eigenvalue weighted by Gasteiger charge is 2.26. The second kappa shape index (κ2) is 6.68. The molecule has 0 amide bonds. The molecule has 0 aromatic heterocycles. The van der Waals surface area contributed by atoms with Crippen molar-refractivity contribution in [3.63, 3.8) is 0 Å². The van der Waals surface area contributed by atoms with Crippen LogP contribution in [-0.4, -0.2) is 28.6 Å². The molecule has 0 fully saturated rings. The summed E-state index contributed by atoms with van der Waals surface area (Å²) in [5.41, 5.74) is 0.643. The van der Waals surface area contributed by atoms with E-state index in [1.54, 1.807) is 19.1 Å². The highest BCUT2D eigenvalue weighted by Crippen LogP contribution is 2.37. The Morgan fingerprint density at radius 3 is 2.42 bits per heavy atom. The van der Waals surface area contributed by atoms with E-state index in [1.165, 1.54) is 13.0 Å². The Balaban J connectivity index is 3.36. The topological polar surface area (TPSA) is 83.8 Å². The number of carbonyl (C=O) groups is 2. The number of carboxylic acids is 1. The third kappa shape index (κ3) is 3.54. The normalized spacial score (nSPS) is 13.7. The van der Waals surface area contributed by atoms with Crippen molar-refractivity contribution >= 4 is 27.7 Å². The SMILES string of the molecule is CCOc1c(C(O)C(=O)O)cccc1C(Br)C(C)=O. The molecule has 104 valence electrons. The van der Waals surface area contributed by atoms with Crippen molar-refractivity contribution in [2.75, 3.05) is 6.61 Å². The molecule has 2 N–H and O–H groups in total. The van der Waals surface area contributed by atoms with E-state index in [1.807, 2.05) is 0 Å². The Morgan fingerprint density at radius 2 is 1.95 bits per heavy atom. The lowest BCUT2D eigenvalue weighted by Crippen LogP contribution is -2.14. The van der Waals surface area contributed by atoms with Crippen LogP contribution in [0.4, 0.5) is 0 Å². The van der Waals surface area contributed by atoms with Crippen molar-refractivity contribution in [2.45, 2.75) is 24.8 Å². The maximum absolute atomic E-state index is 11.4. The van der Waals surface area contributed by atoms with Gasteiger partial charge in [0.1, 0.15) is 16.4 Å². The largest absolute Gasteiger partial charge is 0.493 e. The fourth-order valence-corrected chi connectivity index (χ4v) is 2.01. The molecule has 0 radical (unpaired) electrons.